The van der Waals surface area contributed by atoms with Crippen molar-refractivity contribution >= 4 is 5.91 Å². The largest absolute Gasteiger partial charge is 0.457 e. The predicted molar refractivity (Wildman–Crippen MR) is 80.1 cm³/mol. The van der Waals surface area contributed by atoms with Crippen LogP contribution < -0.4 is 10.5 Å². The number of nitrogens with two attached hydrogens (primary N) is 1. The first-order valence-electron chi connectivity index (χ1n) is 6.59. The molecule has 3 nitrogen and oxygen atoms in total. The summed E-state index contributed by atoms with van der Waals surface area (Å²) in [5.41, 5.74) is 9.34. The number of carbonyl (C=O) groups excluding carboxylic acids is 1. The Morgan fingerprint density at radius 3 is 2.55 bits per heavy atom. The third-order valence-electron chi connectivity index (χ3n) is 3.32. The molecule has 0 heterocycles. The van der Waals surface area contributed by atoms with Crippen molar-refractivity contribution in [2.75, 3.05) is 0 Å². The Morgan fingerprint density at radius 2 is 1.85 bits per heavy atom. The van der Waals surface area contributed by atoms with Crippen LogP contribution >= 0.6 is 0 Å². The molecule has 0 aliphatic rings. The maximum atomic E-state index is 11.1. The van der Waals surface area contributed by atoms with Gasteiger partial charge in [-0.3, -0.25) is 4.79 Å². The van der Waals surface area contributed by atoms with Gasteiger partial charge in [-0.1, -0.05) is 24.3 Å². The molecule has 0 atom stereocenters. The van der Waals surface area contributed by atoms with E-state index in [0.717, 1.165) is 33.8 Å². The van der Waals surface area contributed by atoms with Gasteiger partial charge in [0.2, 0.25) is 5.91 Å². The minimum Gasteiger partial charge on any atom is -0.457 e. The molecule has 0 spiro atoms. The molecule has 0 saturated heterocycles. The summed E-state index contributed by atoms with van der Waals surface area (Å²) >= 11 is 0. The topological polar surface area (TPSA) is 52.3 Å². The number of carbonyl (C=O) groups is 1. The van der Waals surface area contributed by atoms with Crippen LogP contribution in [0.3, 0.4) is 0 Å². The number of primary amides is 1. The molecule has 0 aliphatic carbocycles. The first kappa shape index (κ1) is 14.1. The summed E-state index contributed by atoms with van der Waals surface area (Å²) in [7, 11) is 0. The maximum Gasteiger partial charge on any atom is 0.221 e. The summed E-state index contributed by atoms with van der Waals surface area (Å²) in [5.74, 6) is 1.26. The third kappa shape index (κ3) is 3.18. The van der Waals surface area contributed by atoms with Crippen LogP contribution in [0.15, 0.2) is 36.4 Å². The quantitative estimate of drug-likeness (QED) is 0.924. The van der Waals surface area contributed by atoms with Crippen molar-refractivity contribution in [2.24, 2.45) is 5.73 Å². The molecule has 0 saturated carbocycles. The van der Waals surface area contributed by atoms with Crippen molar-refractivity contribution in [3.05, 3.63) is 58.7 Å². The lowest BCUT2D eigenvalue weighted by Gasteiger charge is -2.14. The molecule has 20 heavy (non-hydrogen) atoms. The van der Waals surface area contributed by atoms with Gasteiger partial charge in [-0.15, -0.1) is 0 Å². The van der Waals surface area contributed by atoms with Gasteiger partial charge in [0.05, 0.1) is 6.42 Å². The molecular weight excluding hydrogens is 250 g/mol. The predicted octanol–water partition coefficient (Wildman–Crippen LogP) is 3.43. The van der Waals surface area contributed by atoms with E-state index in [-0.39, 0.29) is 12.3 Å². The van der Waals surface area contributed by atoms with E-state index in [2.05, 4.69) is 6.07 Å². The summed E-state index contributed by atoms with van der Waals surface area (Å²) < 4.78 is 5.99. The van der Waals surface area contributed by atoms with Crippen molar-refractivity contribution in [1.29, 1.82) is 0 Å². The fraction of sp³-hybridized carbons (Fsp3) is 0.235. The van der Waals surface area contributed by atoms with Crippen molar-refractivity contribution in [3.63, 3.8) is 0 Å². The molecule has 2 aromatic carbocycles. The second-order valence-electron chi connectivity index (χ2n) is 5.05. The molecule has 0 radical (unpaired) electrons. The smallest absolute Gasteiger partial charge is 0.221 e. The Balaban J connectivity index is 2.34. The fourth-order valence-electron chi connectivity index (χ4n) is 2.09. The number of hydrogen-bond donors (Lipinski definition) is 1. The van der Waals surface area contributed by atoms with Crippen LogP contribution in [0.4, 0.5) is 0 Å². The van der Waals surface area contributed by atoms with E-state index in [9.17, 15) is 4.79 Å². The zero-order valence-corrected chi connectivity index (χ0v) is 12.1. The SMILES string of the molecule is Cc1ccc(C)c(Oc2cccc(CC(N)=O)c2C)c1. The van der Waals surface area contributed by atoms with Crippen LogP contribution in [0.2, 0.25) is 0 Å². The lowest BCUT2D eigenvalue weighted by Crippen LogP contribution is -2.14. The summed E-state index contributed by atoms with van der Waals surface area (Å²) in [5, 5.41) is 0. The second kappa shape index (κ2) is 5.78. The summed E-state index contributed by atoms with van der Waals surface area (Å²) in [6.07, 6.45) is 0.232. The zero-order valence-electron chi connectivity index (χ0n) is 12.1. The average molecular weight is 269 g/mol. The summed E-state index contributed by atoms with van der Waals surface area (Å²) in [4.78, 5) is 11.1. The molecule has 3 heteroatoms. The van der Waals surface area contributed by atoms with Gasteiger partial charge in [-0.05, 0) is 55.2 Å². The average Bonchev–Trinajstić information content (AvgIpc) is 2.38. The number of amides is 1. The number of aryl methyl sites for hydroxylation is 2. The van der Waals surface area contributed by atoms with Gasteiger partial charge < -0.3 is 10.5 Å². The molecule has 2 rings (SSSR count). The number of ether oxygens (including phenoxy) is 1. The lowest BCUT2D eigenvalue weighted by atomic mass is 10.0. The molecule has 2 N–H and O–H groups in total. The molecule has 0 fully saturated rings. The monoisotopic (exact) mass is 269 g/mol. The van der Waals surface area contributed by atoms with Crippen LogP contribution in [0.1, 0.15) is 22.3 Å². The molecule has 104 valence electrons. The highest BCUT2D eigenvalue weighted by Gasteiger charge is 2.09. The van der Waals surface area contributed by atoms with E-state index in [4.69, 9.17) is 10.5 Å². The maximum absolute atomic E-state index is 11.1. The van der Waals surface area contributed by atoms with Crippen LogP contribution in [0.5, 0.6) is 11.5 Å². The van der Waals surface area contributed by atoms with E-state index in [1.54, 1.807) is 0 Å². The second-order valence-corrected chi connectivity index (χ2v) is 5.05. The van der Waals surface area contributed by atoms with Crippen LogP contribution in [0, 0.1) is 20.8 Å². The summed E-state index contributed by atoms with van der Waals surface area (Å²) in [6, 6.07) is 11.8. The lowest BCUT2D eigenvalue weighted by molar-refractivity contribution is -0.117. The highest BCUT2D eigenvalue weighted by Crippen LogP contribution is 2.30. The first-order chi connectivity index (χ1) is 9.47. The Kier molecular flexibility index (Phi) is 4.08. The first-order valence-corrected chi connectivity index (χ1v) is 6.59. The molecule has 0 unspecified atom stereocenters. The van der Waals surface area contributed by atoms with Crippen LogP contribution in [-0.2, 0) is 11.2 Å². The molecular formula is C17H19NO2. The van der Waals surface area contributed by atoms with Gasteiger partial charge in [-0.2, -0.15) is 0 Å². The van der Waals surface area contributed by atoms with Gasteiger partial charge in [-0.25, -0.2) is 0 Å². The van der Waals surface area contributed by atoms with Gasteiger partial charge in [0, 0.05) is 0 Å². The number of benzene rings is 2. The Labute approximate surface area is 119 Å². The Bertz CT molecular complexity index is 647. The van der Waals surface area contributed by atoms with Gasteiger partial charge >= 0.3 is 0 Å². The van der Waals surface area contributed by atoms with Crippen molar-refractivity contribution in [3.8, 4) is 11.5 Å². The minimum atomic E-state index is -0.336. The Hall–Kier alpha value is -2.29. The van der Waals surface area contributed by atoms with E-state index >= 15 is 0 Å². The van der Waals surface area contributed by atoms with Crippen molar-refractivity contribution in [1.82, 2.24) is 0 Å². The molecule has 0 aromatic heterocycles. The standard InChI is InChI=1S/C17H19NO2/c1-11-7-8-12(2)16(9-11)20-15-6-4-5-14(13(15)3)10-17(18)19/h4-9H,10H2,1-3H3,(H2,18,19). The van der Waals surface area contributed by atoms with Gasteiger partial charge in [0.1, 0.15) is 11.5 Å². The van der Waals surface area contributed by atoms with Gasteiger partial charge in [0.15, 0.2) is 0 Å². The van der Waals surface area contributed by atoms with Crippen LogP contribution in [0.25, 0.3) is 0 Å². The fourth-order valence-corrected chi connectivity index (χ4v) is 2.09. The Morgan fingerprint density at radius 1 is 1.10 bits per heavy atom. The van der Waals surface area contributed by atoms with E-state index in [1.165, 1.54) is 0 Å². The zero-order chi connectivity index (χ0) is 14.7. The van der Waals surface area contributed by atoms with E-state index in [1.807, 2.05) is 51.1 Å². The molecule has 1 amide bonds. The summed E-state index contributed by atoms with van der Waals surface area (Å²) in [6.45, 7) is 5.98. The molecule has 0 aliphatic heterocycles. The van der Waals surface area contributed by atoms with Gasteiger partial charge in [0.25, 0.3) is 0 Å². The highest BCUT2D eigenvalue weighted by molar-refractivity contribution is 5.77. The van der Waals surface area contributed by atoms with Crippen molar-refractivity contribution < 1.29 is 9.53 Å². The number of rotatable bonds is 4. The van der Waals surface area contributed by atoms with E-state index in [0.29, 0.717) is 0 Å². The number of hydrogen-bond acceptors (Lipinski definition) is 2. The minimum absolute atomic E-state index is 0.232. The van der Waals surface area contributed by atoms with E-state index < -0.39 is 0 Å². The molecule has 0 bridgehead atoms. The highest BCUT2D eigenvalue weighted by atomic mass is 16.5. The molecule has 2 aromatic rings. The third-order valence-corrected chi connectivity index (χ3v) is 3.32. The van der Waals surface area contributed by atoms with Crippen LogP contribution in [-0.4, -0.2) is 5.91 Å². The normalized spacial score (nSPS) is 10.3. The van der Waals surface area contributed by atoms with Crippen molar-refractivity contribution in [2.45, 2.75) is 27.2 Å².